The highest BCUT2D eigenvalue weighted by atomic mass is 16.3. The summed E-state index contributed by atoms with van der Waals surface area (Å²) in [5.74, 6) is -2.33. The second-order valence-corrected chi connectivity index (χ2v) is 10.6. The van der Waals surface area contributed by atoms with Crippen LogP contribution in [0, 0.1) is 19.8 Å². The molecule has 8 nitrogen and oxygen atoms in total. The predicted molar refractivity (Wildman–Crippen MR) is 160 cm³/mol. The lowest BCUT2D eigenvalue weighted by atomic mass is 9.91. The third-order valence-corrected chi connectivity index (χ3v) is 7.40. The van der Waals surface area contributed by atoms with Crippen LogP contribution in [0.15, 0.2) is 84.9 Å². The van der Waals surface area contributed by atoms with Crippen LogP contribution in [0.5, 0.6) is 5.75 Å². The van der Waals surface area contributed by atoms with E-state index in [1.807, 2.05) is 50.2 Å². The number of aromatic hydroxyl groups is 1. The molecular formula is C33H41N3O5. The standard InChI is InChI=1S/C33H41N3O5/c1-21-16-25(37)17-22(2)26(21)19-29(34)31(39)15-9-14-30(38)27(18-23-10-5-3-6-11-23)33(41)36-20-28(32(35)40)24-12-7-4-8-13-24/h3-14,16-17,27-31,37-39H,15,18-20,34H2,1-2H3,(H2,35,40)(H,36,41). The summed E-state index contributed by atoms with van der Waals surface area (Å²) in [6, 6.07) is 21.1. The molecule has 0 bridgehead atoms. The lowest BCUT2D eigenvalue weighted by molar-refractivity contribution is -0.127. The molecule has 8 heteroatoms. The average Bonchev–Trinajstić information content (AvgIpc) is 2.94. The highest BCUT2D eigenvalue weighted by molar-refractivity contribution is 5.84. The number of amides is 2. The van der Waals surface area contributed by atoms with Crippen LogP contribution in [0.3, 0.4) is 0 Å². The van der Waals surface area contributed by atoms with Gasteiger partial charge < -0.3 is 32.1 Å². The SMILES string of the molecule is Cc1cc(O)cc(C)c1CC(N)C(O)CC=CC(O)C(Cc1ccccc1)C(=O)NCC(C(N)=O)c1ccccc1. The summed E-state index contributed by atoms with van der Waals surface area (Å²) in [4.78, 5) is 25.4. The minimum atomic E-state index is -1.15. The minimum Gasteiger partial charge on any atom is -0.508 e. The number of hydrogen-bond donors (Lipinski definition) is 6. The van der Waals surface area contributed by atoms with Crippen molar-refractivity contribution in [1.29, 1.82) is 0 Å². The molecular weight excluding hydrogens is 518 g/mol. The maximum atomic E-state index is 13.3. The summed E-state index contributed by atoms with van der Waals surface area (Å²) in [5.41, 5.74) is 16.2. The van der Waals surface area contributed by atoms with E-state index in [1.54, 1.807) is 42.5 Å². The maximum absolute atomic E-state index is 13.3. The van der Waals surface area contributed by atoms with Gasteiger partial charge in [0.1, 0.15) is 5.75 Å². The molecule has 0 radical (unpaired) electrons. The van der Waals surface area contributed by atoms with Crippen molar-refractivity contribution in [1.82, 2.24) is 5.32 Å². The molecule has 0 saturated carbocycles. The van der Waals surface area contributed by atoms with Crippen molar-refractivity contribution in [3.05, 3.63) is 113 Å². The number of hydrogen-bond acceptors (Lipinski definition) is 6. The normalized spacial score (nSPS) is 15.1. The zero-order valence-corrected chi connectivity index (χ0v) is 23.6. The number of aliphatic hydroxyl groups is 2. The largest absolute Gasteiger partial charge is 0.508 e. The van der Waals surface area contributed by atoms with Gasteiger partial charge in [-0.1, -0.05) is 72.8 Å². The topological polar surface area (TPSA) is 159 Å². The van der Waals surface area contributed by atoms with Crippen molar-refractivity contribution in [3.63, 3.8) is 0 Å². The summed E-state index contributed by atoms with van der Waals surface area (Å²) in [6.07, 6.45) is 1.99. The Labute approximate surface area is 241 Å². The molecule has 2 amide bonds. The molecule has 5 unspecified atom stereocenters. The van der Waals surface area contributed by atoms with Gasteiger partial charge in [-0.2, -0.15) is 0 Å². The van der Waals surface area contributed by atoms with Crippen LogP contribution < -0.4 is 16.8 Å². The number of aryl methyl sites for hydroxylation is 2. The third-order valence-electron chi connectivity index (χ3n) is 7.40. The zero-order valence-electron chi connectivity index (χ0n) is 23.6. The van der Waals surface area contributed by atoms with Gasteiger partial charge in [-0.15, -0.1) is 0 Å². The first-order valence-electron chi connectivity index (χ1n) is 13.8. The van der Waals surface area contributed by atoms with Gasteiger partial charge in [0.25, 0.3) is 0 Å². The number of benzene rings is 3. The smallest absolute Gasteiger partial charge is 0.226 e. The van der Waals surface area contributed by atoms with Gasteiger partial charge in [-0.3, -0.25) is 9.59 Å². The summed E-state index contributed by atoms with van der Waals surface area (Å²) >= 11 is 0. The number of phenolic OH excluding ortho intramolecular Hbond substituents is 1. The molecule has 218 valence electrons. The molecule has 0 aliphatic carbocycles. The Kier molecular flexibility index (Phi) is 11.6. The summed E-state index contributed by atoms with van der Waals surface area (Å²) in [7, 11) is 0. The van der Waals surface area contributed by atoms with Crippen LogP contribution in [0.1, 0.15) is 40.2 Å². The van der Waals surface area contributed by atoms with Crippen molar-refractivity contribution >= 4 is 11.8 Å². The molecule has 8 N–H and O–H groups in total. The first-order valence-corrected chi connectivity index (χ1v) is 13.8. The van der Waals surface area contributed by atoms with Crippen LogP contribution in [0.4, 0.5) is 0 Å². The van der Waals surface area contributed by atoms with E-state index in [2.05, 4.69) is 5.32 Å². The first kappa shape index (κ1) is 31.5. The summed E-state index contributed by atoms with van der Waals surface area (Å²) in [6.45, 7) is 3.78. The van der Waals surface area contributed by atoms with Gasteiger partial charge in [0.05, 0.1) is 24.0 Å². The second kappa shape index (κ2) is 15.1. The van der Waals surface area contributed by atoms with Gasteiger partial charge in [0.15, 0.2) is 0 Å². The zero-order chi connectivity index (χ0) is 29.9. The fourth-order valence-corrected chi connectivity index (χ4v) is 4.97. The molecule has 0 spiro atoms. The van der Waals surface area contributed by atoms with E-state index in [4.69, 9.17) is 11.5 Å². The Bertz CT molecular complexity index is 1290. The first-order chi connectivity index (χ1) is 19.6. The fraction of sp³-hybridized carbons (Fsp3) is 0.333. The molecule has 3 rings (SSSR count). The molecule has 41 heavy (non-hydrogen) atoms. The van der Waals surface area contributed by atoms with Crippen LogP contribution in [-0.4, -0.2) is 51.9 Å². The average molecular weight is 560 g/mol. The van der Waals surface area contributed by atoms with Gasteiger partial charge in [0, 0.05) is 12.6 Å². The van der Waals surface area contributed by atoms with Crippen LogP contribution in [0.25, 0.3) is 0 Å². The number of aliphatic hydroxyl groups excluding tert-OH is 2. The van der Waals surface area contributed by atoms with Crippen molar-refractivity contribution in [2.45, 2.75) is 57.3 Å². The van der Waals surface area contributed by atoms with E-state index in [-0.39, 0.29) is 25.1 Å². The molecule has 0 saturated heterocycles. The maximum Gasteiger partial charge on any atom is 0.226 e. The Hall–Kier alpha value is -3.98. The monoisotopic (exact) mass is 559 g/mol. The van der Waals surface area contributed by atoms with Gasteiger partial charge in [-0.05, 0) is 73.1 Å². The van der Waals surface area contributed by atoms with Crippen molar-refractivity contribution < 1.29 is 24.9 Å². The molecule has 5 atom stereocenters. The molecule has 0 aliphatic rings. The molecule has 3 aromatic rings. The summed E-state index contributed by atoms with van der Waals surface area (Å²) < 4.78 is 0. The lowest BCUT2D eigenvalue weighted by Gasteiger charge is -2.23. The van der Waals surface area contributed by atoms with Gasteiger partial charge in [0.2, 0.25) is 11.8 Å². The quantitative estimate of drug-likeness (QED) is 0.167. The molecule has 0 heterocycles. The number of primary amides is 1. The predicted octanol–water partition coefficient (Wildman–Crippen LogP) is 2.79. The number of carbonyl (C=O) groups excluding carboxylic acids is 2. The lowest BCUT2D eigenvalue weighted by Crippen LogP contribution is -2.42. The Morgan fingerprint density at radius 2 is 1.51 bits per heavy atom. The van der Waals surface area contributed by atoms with Crippen molar-refractivity contribution in [2.24, 2.45) is 17.4 Å². The van der Waals surface area contributed by atoms with E-state index in [0.29, 0.717) is 12.0 Å². The highest BCUT2D eigenvalue weighted by Crippen LogP contribution is 2.23. The fourth-order valence-electron chi connectivity index (χ4n) is 4.97. The van der Waals surface area contributed by atoms with Crippen molar-refractivity contribution in [3.8, 4) is 5.75 Å². The number of nitrogens with one attached hydrogen (secondary N) is 1. The van der Waals surface area contributed by atoms with Crippen LogP contribution in [-0.2, 0) is 22.4 Å². The van der Waals surface area contributed by atoms with Gasteiger partial charge >= 0.3 is 0 Å². The number of carbonyl (C=O) groups is 2. The van der Waals surface area contributed by atoms with Crippen LogP contribution in [0.2, 0.25) is 0 Å². The highest BCUT2D eigenvalue weighted by Gasteiger charge is 2.27. The Balaban J connectivity index is 1.66. The van der Waals surface area contributed by atoms with E-state index in [9.17, 15) is 24.9 Å². The number of phenols is 1. The van der Waals surface area contributed by atoms with Crippen molar-refractivity contribution in [2.75, 3.05) is 6.54 Å². The number of nitrogens with two attached hydrogens (primary N) is 2. The molecule has 0 aromatic heterocycles. The van der Waals surface area contributed by atoms with E-state index in [1.165, 1.54) is 6.08 Å². The Morgan fingerprint density at radius 3 is 2.10 bits per heavy atom. The van der Waals surface area contributed by atoms with Gasteiger partial charge in [-0.25, -0.2) is 0 Å². The van der Waals surface area contributed by atoms with E-state index < -0.39 is 41.9 Å². The Morgan fingerprint density at radius 1 is 0.927 bits per heavy atom. The van der Waals surface area contributed by atoms with E-state index >= 15 is 0 Å². The minimum absolute atomic E-state index is 0.00354. The van der Waals surface area contributed by atoms with Crippen LogP contribution >= 0.6 is 0 Å². The number of rotatable bonds is 14. The molecule has 3 aromatic carbocycles. The molecule has 0 aliphatic heterocycles. The molecule has 0 fully saturated rings. The third kappa shape index (κ3) is 9.28. The van der Waals surface area contributed by atoms with E-state index in [0.717, 1.165) is 22.3 Å². The second-order valence-electron chi connectivity index (χ2n) is 10.6. The summed E-state index contributed by atoms with van der Waals surface area (Å²) in [5, 5.41) is 34.3.